The van der Waals surface area contributed by atoms with Crippen molar-refractivity contribution >= 4 is 34.6 Å². The lowest BCUT2D eigenvalue weighted by Gasteiger charge is -2.11. The molecule has 0 amide bonds. The largest absolute Gasteiger partial charge is 0.478 e. The summed E-state index contributed by atoms with van der Waals surface area (Å²) in [6.45, 7) is 0. The van der Waals surface area contributed by atoms with Crippen molar-refractivity contribution in [2.45, 2.75) is 0 Å². The summed E-state index contributed by atoms with van der Waals surface area (Å²) < 4.78 is 0. The number of nitrogens with one attached hydrogen (secondary N) is 1. The number of halogens is 1. The average molecular weight is 293 g/mol. The van der Waals surface area contributed by atoms with Crippen molar-refractivity contribution in [1.29, 1.82) is 0 Å². The van der Waals surface area contributed by atoms with Gasteiger partial charge in [-0.25, -0.2) is 4.79 Å². The van der Waals surface area contributed by atoms with Crippen LogP contribution in [0, 0.1) is 10.1 Å². The first-order valence-electron chi connectivity index (χ1n) is 5.52. The number of non-ortho nitro benzene ring substituents is 1. The van der Waals surface area contributed by atoms with Gasteiger partial charge in [0.1, 0.15) is 0 Å². The van der Waals surface area contributed by atoms with Crippen molar-refractivity contribution in [2.75, 3.05) is 5.32 Å². The molecule has 2 N–H and O–H groups in total. The number of carbonyl (C=O) groups is 1. The van der Waals surface area contributed by atoms with E-state index in [9.17, 15) is 14.9 Å². The molecule has 0 unspecified atom stereocenters. The molecule has 2 rings (SSSR count). The maximum atomic E-state index is 11.2. The van der Waals surface area contributed by atoms with Gasteiger partial charge in [0.25, 0.3) is 5.69 Å². The number of para-hydroxylation sites is 1. The van der Waals surface area contributed by atoms with Crippen LogP contribution in [-0.4, -0.2) is 16.0 Å². The molecular formula is C13H9ClN2O4. The molecule has 0 aliphatic carbocycles. The van der Waals surface area contributed by atoms with Gasteiger partial charge in [0.05, 0.1) is 21.2 Å². The number of benzene rings is 2. The van der Waals surface area contributed by atoms with E-state index in [0.717, 1.165) is 12.1 Å². The van der Waals surface area contributed by atoms with E-state index in [-0.39, 0.29) is 22.0 Å². The first kappa shape index (κ1) is 13.8. The topological polar surface area (TPSA) is 92.5 Å². The molecule has 20 heavy (non-hydrogen) atoms. The highest BCUT2D eigenvalue weighted by Gasteiger charge is 2.20. The smallest absolute Gasteiger partial charge is 0.338 e. The van der Waals surface area contributed by atoms with E-state index in [4.69, 9.17) is 16.7 Å². The van der Waals surface area contributed by atoms with Crippen molar-refractivity contribution in [3.05, 3.63) is 63.2 Å². The number of hydrogen-bond acceptors (Lipinski definition) is 4. The number of rotatable bonds is 4. The van der Waals surface area contributed by atoms with E-state index < -0.39 is 10.9 Å². The van der Waals surface area contributed by atoms with Gasteiger partial charge in [-0.05, 0) is 12.1 Å². The number of hydrogen-bond donors (Lipinski definition) is 2. The van der Waals surface area contributed by atoms with Crippen LogP contribution in [0.1, 0.15) is 10.4 Å². The van der Waals surface area contributed by atoms with Gasteiger partial charge in [0, 0.05) is 17.8 Å². The fourth-order valence-corrected chi connectivity index (χ4v) is 1.92. The van der Waals surface area contributed by atoms with Gasteiger partial charge in [-0.3, -0.25) is 10.1 Å². The first-order valence-corrected chi connectivity index (χ1v) is 5.90. The molecule has 0 fully saturated rings. The summed E-state index contributed by atoms with van der Waals surface area (Å²) in [6, 6.07) is 10.9. The second kappa shape index (κ2) is 5.58. The average Bonchev–Trinajstić information content (AvgIpc) is 2.41. The summed E-state index contributed by atoms with van der Waals surface area (Å²) in [5, 5.41) is 22.7. The highest BCUT2D eigenvalue weighted by atomic mass is 35.5. The zero-order valence-corrected chi connectivity index (χ0v) is 10.8. The quantitative estimate of drug-likeness (QED) is 0.662. The van der Waals surface area contributed by atoms with E-state index in [0.29, 0.717) is 5.69 Å². The van der Waals surface area contributed by atoms with Crippen molar-refractivity contribution in [3.8, 4) is 0 Å². The summed E-state index contributed by atoms with van der Waals surface area (Å²) in [6.07, 6.45) is 0. The van der Waals surface area contributed by atoms with E-state index in [1.807, 2.05) is 0 Å². The molecule has 0 saturated heterocycles. The second-order valence-electron chi connectivity index (χ2n) is 3.90. The molecular weight excluding hydrogens is 284 g/mol. The Labute approximate surface area is 118 Å². The molecule has 2 aromatic rings. The summed E-state index contributed by atoms with van der Waals surface area (Å²) in [4.78, 5) is 21.3. The molecule has 0 saturated carbocycles. The maximum absolute atomic E-state index is 11.2. The SMILES string of the molecule is O=C(O)c1cc([N+](=O)[O-])cc(Cl)c1Nc1ccccc1. The molecule has 0 spiro atoms. The number of anilines is 2. The van der Waals surface area contributed by atoms with E-state index in [1.165, 1.54) is 0 Å². The Kier molecular flexibility index (Phi) is 3.86. The molecule has 0 radical (unpaired) electrons. The lowest BCUT2D eigenvalue weighted by atomic mass is 10.1. The summed E-state index contributed by atoms with van der Waals surface area (Å²) in [5.74, 6) is -1.30. The Balaban J connectivity index is 2.51. The minimum atomic E-state index is -1.30. The normalized spacial score (nSPS) is 10.1. The predicted molar refractivity (Wildman–Crippen MR) is 74.8 cm³/mol. The van der Waals surface area contributed by atoms with Crippen LogP contribution < -0.4 is 5.32 Å². The zero-order chi connectivity index (χ0) is 14.7. The van der Waals surface area contributed by atoms with E-state index in [1.54, 1.807) is 30.3 Å². The molecule has 0 heterocycles. The van der Waals surface area contributed by atoms with Crippen molar-refractivity contribution in [2.24, 2.45) is 0 Å². The van der Waals surface area contributed by atoms with Crippen LogP contribution in [0.15, 0.2) is 42.5 Å². The Hall–Kier alpha value is -2.60. The number of nitro groups is 1. The van der Waals surface area contributed by atoms with Crippen molar-refractivity contribution < 1.29 is 14.8 Å². The van der Waals surface area contributed by atoms with Crippen molar-refractivity contribution in [3.63, 3.8) is 0 Å². The van der Waals surface area contributed by atoms with Crippen LogP contribution in [0.2, 0.25) is 5.02 Å². The van der Waals surface area contributed by atoms with E-state index >= 15 is 0 Å². The predicted octanol–water partition coefficient (Wildman–Crippen LogP) is 3.69. The van der Waals surface area contributed by atoms with Crippen LogP contribution in [0.25, 0.3) is 0 Å². The standard InChI is InChI=1S/C13H9ClN2O4/c14-11-7-9(16(19)20)6-10(13(17)18)12(11)15-8-4-2-1-3-5-8/h1-7,15H,(H,17,18). The molecule has 0 atom stereocenters. The number of nitro benzene ring substituents is 1. The summed E-state index contributed by atoms with van der Waals surface area (Å²) in [7, 11) is 0. The molecule has 0 aliphatic rings. The van der Waals surface area contributed by atoms with Gasteiger partial charge in [-0.2, -0.15) is 0 Å². The highest BCUT2D eigenvalue weighted by molar-refractivity contribution is 6.34. The Morgan fingerprint density at radius 2 is 1.90 bits per heavy atom. The van der Waals surface area contributed by atoms with Crippen LogP contribution in [0.4, 0.5) is 17.1 Å². The summed E-state index contributed by atoms with van der Waals surface area (Å²) in [5.41, 5.74) is 0.126. The van der Waals surface area contributed by atoms with Crippen LogP contribution in [0.5, 0.6) is 0 Å². The molecule has 0 aromatic heterocycles. The number of carboxylic acids is 1. The number of aromatic carboxylic acids is 1. The lowest BCUT2D eigenvalue weighted by molar-refractivity contribution is -0.384. The second-order valence-corrected chi connectivity index (χ2v) is 4.31. The van der Waals surface area contributed by atoms with Crippen LogP contribution in [0.3, 0.4) is 0 Å². The highest BCUT2D eigenvalue weighted by Crippen LogP contribution is 2.33. The Morgan fingerprint density at radius 3 is 2.45 bits per heavy atom. The maximum Gasteiger partial charge on any atom is 0.338 e. The van der Waals surface area contributed by atoms with Gasteiger partial charge in [-0.15, -0.1) is 0 Å². The first-order chi connectivity index (χ1) is 9.49. The van der Waals surface area contributed by atoms with Crippen LogP contribution >= 0.6 is 11.6 Å². The minimum absolute atomic E-state index is 0.0274. The van der Waals surface area contributed by atoms with Gasteiger partial charge >= 0.3 is 5.97 Å². The van der Waals surface area contributed by atoms with Gasteiger partial charge in [0.2, 0.25) is 0 Å². The monoisotopic (exact) mass is 292 g/mol. The minimum Gasteiger partial charge on any atom is -0.478 e. The molecule has 6 nitrogen and oxygen atoms in total. The Bertz CT molecular complexity index is 674. The fraction of sp³-hybridized carbons (Fsp3) is 0. The van der Waals surface area contributed by atoms with Gasteiger partial charge in [0.15, 0.2) is 0 Å². The number of carboxylic acid groups (broad SMARTS) is 1. The third-order valence-electron chi connectivity index (χ3n) is 2.56. The van der Waals surface area contributed by atoms with Gasteiger partial charge in [-0.1, -0.05) is 29.8 Å². The molecule has 0 aliphatic heterocycles. The molecule has 102 valence electrons. The fourth-order valence-electron chi connectivity index (χ4n) is 1.66. The van der Waals surface area contributed by atoms with Crippen LogP contribution in [-0.2, 0) is 0 Å². The van der Waals surface area contributed by atoms with E-state index in [2.05, 4.69) is 5.32 Å². The zero-order valence-electron chi connectivity index (χ0n) is 10.0. The third kappa shape index (κ3) is 2.86. The lowest BCUT2D eigenvalue weighted by Crippen LogP contribution is -2.05. The third-order valence-corrected chi connectivity index (χ3v) is 2.86. The molecule has 7 heteroatoms. The van der Waals surface area contributed by atoms with Gasteiger partial charge < -0.3 is 10.4 Å². The summed E-state index contributed by atoms with van der Waals surface area (Å²) >= 11 is 5.94. The molecule has 2 aromatic carbocycles. The molecule has 0 bridgehead atoms. The van der Waals surface area contributed by atoms with Crippen molar-refractivity contribution in [1.82, 2.24) is 0 Å². The number of nitrogens with zero attached hydrogens (tertiary/aromatic N) is 1. The Morgan fingerprint density at radius 1 is 1.25 bits per heavy atom.